The van der Waals surface area contributed by atoms with Crippen LogP contribution in [0.15, 0.2) is 24.3 Å². The first-order chi connectivity index (χ1) is 9.11. The number of nitrogens with two attached hydrogens (primary N) is 1. The number of hydrogen-bond acceptors (Lipinski definition) is 3. The maximum absolute atomic E-state index is 11.5. The van der Waals surface area contributed by atoms with Crippen LogP contribution in [0.2, 0.25) is 0 Å². The summed E-state index contributed by atoms with van der Waals surface area (Å²) in [5.41, 5.74) is 3.98. The number of amides is 1. The number of carbonyl (C=O) groups is 1. The summed E-state index contributed by atoms with van der Waals surface area (Å²) in [5, 5.41) is 0. The van der Waals surface area contributed by atoms with Gasteiger partial charge in [0.05, 0.1) is 0 Å². The van der Waals surface area contributed by atoms with E-state index in [2.05, 4.69) is 30.2 Å². The van der Waals surface area contributed by atoms with Gasteiger partial charge in [-0.05, 0) is 43.0 Å². The maximum Gasteiger partial charge on any atom is 0.265 e. The molecule has 0 radical (unpaired) electrons. The maximum atomic E-state index is 11.5. The molecule has 0 aromatic heterocycles. The van der Waals surface area contributed by atoms with Crippen LogP contribution in [0, 0.1) is 5.92 Å². The largest absolute Gasteiger partial charge is 0.296 e. The Balaban J connectivity index is 2.08. The number of nitrogen functional groups attached to an aromatic ring is 1. The normalized spacial score (nSPS) is 19.9. The van der Waals surface area contributed by atoms with Crippen molar-refractivity contribution in [2.75, 3.05) is 6.54 Å². The SMILES string of the molecule is CC(C)C1CCCN1Cc1cccc(C(=O)NN)c1. The molecule has 1 aromatic carbocycles. The summed E-state index contributed by atoms with van der Waals surface area (Å²) in [4.78, 5) is 14.0. The van der Waals surface area contributed by atoms with Crippen LogP contribution in [0.25, 0.3) is 0 Å². The van der Waals surface area contributed by atoms with Crippen LogP contribution in [0.1, 0.15) is 42.6 Å². The topological polar surface area (TPSA) is 58.4 Å². The van der Waals surface area contributed by atoms with Crippen molar-refractivity contribution in [1.82, 2.24) is 10.3 Å². The van der Waals surface area contributed by atoms with E-state index in [4.69, 9.17) is 5.84 Å². The van der Waals surface area contributed by atoms with Gasteiger partial charge in [-0.15, -0.1) is 0 Å². The Bertz CT molecular complexity index is 445. The number of nitrogens with one attached hydrogen (secondary N) is 1. The molecule has 1 atom stereocenters. The lowest BCUT2D eigenvalue weighted by molar-refractivity contribution is 0.0953. The van der Waals surface area contributed by atoms with E-state index in [1.807, 2.05) is 12.1 Å². The Morgan fingerprint density at radius 1 is 1.53 bits per heavy atom. The Hall–Kier alpha value is -1.39. The van der Waals surface area contributed by atoms with Gasteiger partial charge in [0, 0.05) is 18.2 Å². The van der Waals surface area contributed by atoms with Gasteiger partial charge in [-0.1, -0.05) is 26.0 Å². The molecule has 0 spiro atoms. The number of carbonyl (C=O) groups excluding carboxylic acids is 1. The summed E-state index contributed by atoms with van der Waals surface area (Å²) < 4.78 is 0. The fourth-order valence-electron chi connectivity index (χ4n) is 2.93. The highest BCUT2D eigenvalue weighted by Crippen LogP contribution is 2.25. The van der Waals surface area contributed by atoms with Crippen LogP contribution < -0.4 is 11.3 Å². The average Bonchev–Trinajstić information content (AvgIpc) is 2.86. The minimum absolute atomic E-state index is 0.233. The first kappa shape index (κ1) is 14.0. The zero-order chi connectivity index (χ0) is 13.8. The molecule has 1 aromatic rings. The molecule has 4 heteroatoms. The summed E-state index contributed by atoms with van der Waals surface area (Å²) in [6, 6.07) is 8.36. The number of likely N-dealkylation sites (tertiary alicyclic amines) is 1. The second-order valence-corrected chi connectivity index (χ2v) is 5.60. The van der Waals surface area contributed by atoms with Crippen molar-refractivity contribution in [2.45, 2.75) is 39.3 Å². The van der Waals surface area contributed by atoms with E-state index in [1.165, 1.54) is 18.4 Å². The van der Waals surface area contributed by atoms with E-state index in [9.17, 15) is 4.79 Å². The molecule has 104 valence electrons. The Kier molecular flexibility index (Phi) is 4.56. The van der Waals surface area contributed by atoms with Crippen LogP contribution in [0.3, 0.4) is 0 Å². The van der Waals surface area contributed by atoms with Crippen LogP contribution in [0.4, 0.5) is 0 Å². The fraction of sp³-hybridized carbons (Fsp3) is 0.533. The van der Waals surface area contributed by atoms with E-state index in [0.717, 1.165) is 13.1 Å². The first-order valence-electron chi connectivity index (χ1n) is 6.95. The molecule has 4 nitrogen and oxygen atoms in total. The molecule has 0 bridgehead atoms. The third-order valence-corrected chi connectivity index (χ3v) is 3.89. The lowest BCUT2D eigenvalue weighted by Crippen LogP contribution is -2.33. The van der Waals surface area contributed by atoms with Crippen LogP contribution in [-0.2, 0) is 6.54 Å². The summed E-state index contributed by atoms with van der Waals surface area (Å²) in [5.74, 6) is 5.62. The molecule has 1 fully saturated rings. The molecular formula is C15H23N3O. The number of benzene rings is 1. The Morgan fingerprint density at radius 2 is 2.32 bits per heavy atom. The lowest BCUT2D eigenvalue weighted by atomic mass is 10.0. The van der Waals surface area contributed by atoms with Gasteiger partial charge in [-0.2, -0.15) is 0 Å². The second-order valence-electron chi connectivity index (χ2n) is 5.60. The molecule has 2 rings (SSSR count). The predicted molar refractivity (Wildman–Crippen MR) is 76.4 cm³/mol. The molecule has 1 amide bonds. The fourth-order valence-corrected chi connectivity index (χ4v) is 2.93. The highest BCUT2D eigenvalue weighted by atomic mass is 16.2. The van der Waals surface area contributed by atoms with Crippen molar-refractivity contribution in [1.29, 1.82) is 0 Å². The van der Waals surface area contributed by atoms with Gasteiger partial charge < -0.3 is 0 Å². The molecule has 1 saturated heterocycles. The third-order valence-electron chi connectivity index (χ3n) is 3.89. The monoisotopic (exact) mass is 261 g/mol. The van der Waals surface area contributed by atoms with Crippen molar-refractivity contribution in [2.24, 2.45) is 11.8 Å². The standard InChI is InChI=1S/C15H23N3O/c1-11(2)14-7-4-8-18(14)10-12-5-3-6-13(9-12)15(19)17-16/h3,5-6,9,11,14H,4,7-8,10,16H2,1-2H3,(H,17,19). The molecule has 1 aliphatic heterocycles. The number of hydrazine groups is 1. The Morgan fingerprint density at radius 3 is 3.00 bits per heavy atom. The van der Waals surface area contributed by atoms with E-state index in [1.54, 1.807) is 6.07 Å². The van der Waals surface area contributed by atoms with Gasteiger partial charge in [0.25, 0.3) is 5.91 Å². The van der Waals surface area contributed by atoms with Crippen molar-refractivity contribution in [3.63, 3.8) is 0 Å². The van der Waals surface area contributed by atoms with E-state index >= 15 is 0 Å². The number of hydrogen-bond donors (Lipinski definition) is 2. The van der Waals surface area contributed by atoms with Crippen molar-refractivity contribution in [3.8, 4) is 0 Å². The Labute approximate surface area is 114 Å². The van der Waals surface area contributed by atoms with Gasteiger partial charge >= 0.3 is 0 Å². The summed E-state index contributed by atoms with van der Waals surface area (Å²) in [7, 11) is 0. The predicted octanol–water partition coefficient (Wildman–Crippen LogP) is 1.91. The molecule has 0 saturated carbocycles. The van der Waals surface area contributed by atoms with Gasteiger partial charge in [0.1, 0.15) is 0 Å². The average molecular weight is 261 g/mol. The van der Waals surface area contributed by atoms with Crippen LogP contribution >= 0.6 is 0 Å². The van der Waals surface area contributed by atoms with Crippen molar-refractivity contribution < 1.29 is 4.79 Å². The molecule has 19 heavy (non-hydrogen) atoms. The van der Waals surface area contributed by atoms with E-state index in [0.29, 0.717) is 17.5 Å². The molecule has 3 N–H and O–H groups in total. The quantitative estimate of drug-likeness (QED) is 0.494. The first-order valence-corrected chi connectivity index (χ1v) is 6.95. The lowest BCUT2D eigenvalue weighted by Gasteiger charge is -2.27. The summed E-state index contributed by atoms with van der Waals surface area (Å²) in [6.45, 7) is 6.62. The zero-order valence-corrected chi connectivity index (χ0v) is 11.7. The highest BCUT2D eigenvalue weighted by molar-refractivity contribution is 5.93. The molecule has 0 aliphatic carbocycles. The van der Waals surface area contributed by atoms with Gasteiger partial charge in [-0.3, -0.25) is 15.1 Å². The zero-order valence-electron chi connectivity index (χ0n) is 11.7. The molecule has 1 unspecified atom stereocenters. The minimum Gasteiger partial charge on any atom is -0.296 e. The summed E-state index contributed by atoms with van der Waals surface area (Å²) >= 11 is 0. The highest BCUT2D eigenvalue weighted by Gasteiger charge is 2.26. The number of nitrogens with zero attached hydrogens (tertiary/aromatic N) is 1. The summed E-state index contributed by atoms with van der Waals surface area (Å²) in [6.07, 6.45) is 2.55. The number of rotatable bonds is 4. The van der Waals surface area contributed by atoms with Crippen molar-refractivity contribution >= 4 is 5.91 Å². The minimum atomic E-state index is -0.233. The van der Waals surface area contributed by atoms with Crippen LogP contribution in [-0.4, -0.2) is 23.4 Å². The second kappa shape index (κ2) is 6.17. The molecular weight excluding hydrogens is 238 g/mol. The molecule has 1 aliphatic rings. The van der Waals surface area contributed by atoms with Gasteiger partial charge in [-0.25, -0.2) is 5.84 Å². The third kappa shape index (κ3) is 3.33. The molecule has 1 heterocycles. The van der Waals surface area contributed by atoms with Crippen molar-refractivity contribution in [3.05, 3.63) is 35.4 Å². The van der Waals surface area contributed by atoms with Gasteiger partial charge in [0.15, 0.2) is 0 Å². The van der Waals surface area contributed by atoms with Gasteiger partial charge in [0.2, 0.25) is 0 Å². The van der Waals surface area contributed by atoms with Crippen LogP contribution in [0.5, 0.6) is 0 Å². The van der Waals surface area contributed by atoms with E-state index in [-0.39, 0.29) is 5.91 Å². The van der Waals surface area contributed by atoms with E-state index < -0.39 is 0 Å². The smallest absolute Gasteiger partial charge is 0.265 e.